The van der Waals surface area contributed by atoms with Gasteiger partial charge in [0.15, 0.2) is 4.80 Å². The van der Waals surface area contributed by atoms with Crippen LogP contribution in [0.25, 0.3) is 0 Å². The quantitative estimate of drug-likeness (QED) is 0.719. The molecule has 5 nitrogen and oxygen atoms in total. The van der Waals surface area contributed by atoms with E-state index >= 15 is 0 Å². The molecule has 0 spiro atoms. The molecule has 2 aromatic heterocycles. The van der Waals surface area contributed by atoms with Crippen LogP contribution in [0.1, 0.15) is 16.8 Å². The van der Waals surface area contributed by atoms with Gasteiger partial charge in [0.25, 0.3) is 5.91 Å². The summed E-state index contributed by atoms with van der Waals surface area (Å²) in [4.78, 5) is 28.6. The van der Waals surface area contributed by atoms with E-state index in [4.69, 9.17) is 0 Å². The maximum absolute atomic E-state index is 12.2. The number of benzene rings is 1. The fourth-order valence-electron chi connectivity index (χ4n) is 2.27. The molecule has 3 aromatic rings. The summed E-state index contributed by atoms with van der Waals surface area (Å²) in [5, 5.41) is 3.65. The van der Waals surface area contributed by atoms with Crippen molar-refractivity contribution in [2.45, 2.75) is 26.9 Å². The topological polar surface area (TPSA) is 56.4 Å². The molecule has 0 aliphatic heterocycles. The molecule has 0 radical (unpaired) electrons. The van der Waals surface area contributed by atoms with Crippen molar-refractivity contribution in [3.63, 3.8) is 0 Å². The van der Waals surface area contributed by atoms with Crippen LogP contribution in [0.5, 0.6) is 0 Å². The van der Waals surface area contributed by atoms with Gasteiger partial charge in [-0.15, -0.1) is 11.3 Å². The van der Waals surface area contributed by atoms with Crippen LogP contribution in [0.4, 0.5) is 0 Å². The Morgan fingerprint density at radius 2 is 1.92 bits per heavy atom. The maximum atomic E-state index is 12.2. The average Bonchev–Trinajstić information content (AvgIpc) is 3.11. The van der Waals surface area contributed by atoms with E-state index in [9.17, 15) is 9.59 Å². The van der Waals surface area contributed by atoms with Gasteiger partial charge in [-0.2, -0.15) is 4.99 Å². The number of thiazole rings is 2. The van der Waals surface area contributed by atoms with E-state index in [2.05, 4.69) is 36.2 Å². The Morgan fingerprint density at radius 1 is 1.17 bits per heavy atom. The number of hydrogen-bond donors (Lipinski definition) is 0. The Morgan fingerprint density at radius 3 is 2.58 bits per heavy atom. The molecule has 0 bridgehead atoms. The Bertz CT molecular complexity index is 974. The molecule has 1 amide bonds. The standard InChI is InChI=1S/C17H17N3O2S2/c1-12-3-5-14(6-4-12)9-19-7-8-23-16(19)18-15(21)10-20-13(2)11-24-17(20)22/h3-8,11H,9-10H2,1-2H3. The van der Waals surface area contributed by atoms with Crippen LogP contribution in [-0.4, -0.2) is 15.0 Å². The van der Waals surface area contributed by atoms with Crippen molar-refractivity contribution in [3.8, 4) is 0 Å². The predicted octanol–water partition coefficient (Wildman–Crippen LogP) is 2.57. The van der Waals surface area contributed by atoms with Gasteiger partial charge in [0, 0.05) is 29.2 Å². The van der Waals surface area contributed by atoms with Crippen LogP contribution in [-0.2, 0) is 17.9 Å². The number of aromatic nitrogens is 2. The highest BCUT2D eigenvalue weighted by atomic mass is 32.1. The van der Waals surface area contributed by atoms with Crippen molar-refractivity contribution >= 4 is 28.6 Å². The number of nitrogens with zero attached hydrogens (tertiary/aromatic N) is 3. The molecule has 0 N–H and O–H groups in total. The molecule has 0 atom stereocenters. The lowest BCUT2D eigenvalue weighted by atomic mass is 10.1. The van der Waals surface area contributed by atoms with E-state index in [1.807, 2.05) is 23.1 Å². The third-order valence-corrected chi connectivity index (χ3v) is 5.30. The smallest absolute Gasteiger partial charge is 0.307 e. The molecule has 0 aliphatic carbocycles. The molecule has 0 unspecified atom stereocenters. The van der Waals surface area contributed by atoms with Gasteiger partial charge < -0.3 is 4.57 Å². The summed E-state index contributed by atoms with van der Waals surface area (Å²) < 4.78 is 3.39. The first-order valence-electron chi connectivity index (χ1n) is 7.45. The maximum Gasteiger partial charge on any atom is 0.307 e. The van der Waals surface area contributed by atoms with Gasteiger partial charge in [0.2, 0.25) is 0 Å². The molecular formula is C17H17N3O2S2. The summed E-state index contributed by atoms with van der Waals surface area (Å²) in [7, 11) is 0. The minimum atomic E-state index is -0.321. The van der Waals surface area contributed by atoms with Gasteiger partial charge in [-0.1, -0.05) is 41.2 Å². The first-order valence-corrected chi connectivity index (χ1v) is 9.21. The highest BCUT2D eigenvalue weighted by molar-refractivity contribution is 7.07. The number of amides is 1. The van der Waals surface area contributed by atoms with Crippen molar-refractivity contribution in [1.82, 2.24) is 9.13 Å². The second-order valence-corrected chi connectivity index (χ2v) is 7.23. The SMILES string of the molecule is Cc1ccc(Cn2ccsc2=NC(=O)Cn2c(C)csc2=O)cc1. The third kappa shape index (κ3) is 3.80. The Labute approximate surface area is 147 Å². The average molecular weight is 359 g/mol. The van der Waals surface area contributed by atoms with Gasteiger partial charge in [0.1, 0.15) is 6.54 Å². The molecule has 24 heavy (non-hydrogen) atoms. The number of carbonyl (C=O) groups excluding carboxylic acids is 1. The van der Waals surface area contributed by atoms with Gasteiger partial charge in [-0.25, -0.2) is 0 Å². The van der Waals surface area contributed by atoms with Crippen LogP contribution in [0.15, 0.2) is 51.0 Å². The Hall–Kier alpha value is -2.25. The number of rotatable bonds is 4. The van der Waals surface area contributed by atoms with E-state index < -0.39 is 0 Å². The van der Waals surface area contributed by atoms with Gasteiger partial charge in [-0.05, 0) is 19.4 Å². The van der Waals surface area contributed by atoms with E-state index in [0.717, 1.165) is 22.6 Å². The second-order valence-electron chi connectivity index (χ2n) is 5.53. The van der Waals surface area contributed by atoms with Crippen LogP contribution in [0.2, 0.25) is 0 Å². The first kappa shape index (κ1) is 16.6. The van der Waals surface area contributed by atoms with Crippen LogP contribution >= 0.6 is 22.7 Å². The minimum Gasteiger partial charge on any atom is -0.319 e. The first-order chi connectivity index (χ1) is 11.5. The highest BCUT2D eigenvalue weighted by Crippen LogP contribution is 2.05. The molecule has 0 aliphatic rings. The van der Waals surface area contributed by atoms with E-state index in [1.54, 1.807) is 5.38 Å². The summed E-state index contributed by atoms with van der Waals surface area (Å²) in [6.45, 7) is 4.51. The molecule has 124 valence electrons. The molecule has 1 aromatic carbocycles. The lowest BCUT2D eigenvalue weighted by molar-refractivity contribution is -0.118. The summed E-state index contributed by atoms with van der Waals surface area (Å²) in [6, 6.07) is 8.27. The third-order valence-electron chi connectivity index (χ3n) is 3.62. The van der Waals surface area contributed by atoms with Gasteiger partial charge in [0.05, 0.1) is 0 Å². The monoisotopic (exact) mass is 359 g/mol. The van der Waals surface area contributed by atoms with E-state index in [1.165, 1.54) is 21.5 Å². The lowest BCUT2D eigenvalue weighted by Gasteiger charge is -2.04. The van der Waals surface area contributed by atoms with Crippen molar-refractivity contribution in [2.24, 2.45) is 4.99 Å². The lowest BCUT2D eigenvalue weighted by Crippen LogP contribution is -2.22. The fourth-order valence-corrected chi connectivity index (χ4v) is 3.75. The van der Waals surface area contributed by atoms with Crippen LogP contribution in [0.3, 0.4) is 0 Å². The molecule has 2 heterocycles. The molecule has 7 heteroatoms. The summed E-state index contributed by atoms with van der Waals surface area (Å²) >= 11 is 2.51. The summed E-state index contributed by atoms with van der Waals surface area (Å²) in [5.74, 6) is -0.321. The minimum absolute atomic E-state index is 0.0173. The zero-order valence-electron chi connectivity index (χ0n) is 13.4. The number of hydrogen-bond acceptors (Lipinski definition) is 4. The molecule has 3 rings (SSSR count). The second kappa shape index (κ2) is 7.11. The van der Waals surface area contributed by atoms with Crippen LogP contribution < -0.4 is 9.67 Å². The molecular weight excluding hydrogens is 342 g/mol. The van der Waals surface area contributed by atoms with E-state index in [-0.39, 0.29) is 17.3 Å². The van der Waals surface area contributed by atoms with Crippen molar-refractivity contribution in [2.75, 3.05) is 0 Å². The van der Waals surface area contributed by atoms with Crippen molar-refractivity contribution < 1.29 is 4.79 Å². The Kier molecular flexibility index (Phi) is 4.92. The molecule has 0 saturated carbocycles. The zero-order chi connectivity index (χ0) is 17.1. The van der Waals surface area contributed by atoms with E-state index in [0.29, 0.717) is 11.3 Å². The van der Waals surface area contributed by atoms with Crippen molar-refractivity contribution in [1.29, 1.82) is 0 Å². The normalized spacial score (nSPS) is 11.8. The largest absolute Gasteiger partial charge is 0.319 e. The Balaban J connectivity index is 1.81. The van der Waals surface area contributed by atoms with Crippen LogP contribution in [0, 0.1) is 13.8 Å². The number of aryl methyl sites for hydroxylation is 2. The number of carbonyl (C=O) groups is 1. The highest BCUT2D eigenvalue weighted by Gasteiger charge is 2.08. The van der Waals surface area contributed by atoms with Gasteiger partial charge in [-0.3, -0.25) is 14.2 Å². The predicted molar refractivity (Wildman–Crippen MR) is 96.5 cm³/mol. The zero-order valence-corrected chi connectivity index (χ0v) is 15.1. The van der Waals surface area contributed by atoms with Gasteiger partial charge >= 0.3 is 4.87 Å². The summed E-state index contributed by atoms with van der Waals surface area (Å²) in [5.41, 5.74) is 3.15. The fraction of sp³-hybridized carbons (Fsp3) is 0.235. The van der Waals surface area contributed by atoms with Crippen molar-refractivity contribution in [3.05, 3.63) is 72.5 Å². The molecule has 0 saturated heterocycles. The summed E-state index contributed by atoms with van der Waals surface area (Å²) in [6.07, 6.45) is 1.92. The molecule has 0 fully saturated rings.